The molecule has 0 radical (unpaired) electrons. The Morgan fingerprint density at radius 2 is 0.846 bits per heavy atom. The number of halogens is 1. The van der Waals surface area contributed by atoms with Crippen molar-refractivity contribution in [1.82, 2.24) is 0 Å². The van der Waals surface area contributed by atoms with Crippen LogP contribution < -0.4 is 17.0 Å². The molecule has 1 rings (SSSR count). The molecule has 1 heterocycles. The van der Waals surface area contributed by atoms with Crippen LogP contribution in [0, 0.1) is 0 Å². The summed E-state index contributed by atoms with van der Waals surface area (Å²) < 4.78 is 1.37. The molecule has 1 fully saturated rings. The minimum absolute atomic E-state index is 0. The van der Waals surface area contributed by atoms with E-state index in [0.29, 0.717) is 0 Å². The Balaban J connectivity index is 0.00000625. The molecule has 1 aliphatic heterocycles. The summed E-state index contributed by atoms with van der Waals surface area (Å²) in [6.45, 7) is 6.63. The second kappa shape index (κ2) is 18.8. The van der Waals surface area contributed by atoms with Crippen LogP contribution in [0.2, 0.25) is 0 Å². The first-order valence-electron chi connectivity index (χ1n) is 12.1. The zero-order valence-electron chi connectivity index (χ0n) is 18.4. The SMILES string of the molecule is CCCCCCCCCCCCCCCC[N+]1(C)CCCCCCC1.[Br-]. The van der Waals surface area contributed by atoms with E-state index in [2.05, 4.69) is 14.0 Å². The summed E-state index contributed by atoms with van der Waals surface area (Å²) in [7, 11) is 2.52. The van der Waals surface area contributed by atoms with E-state index in [-0.39, 0.29) is 17.0 Å². The summed E-state index contributed by atoms with van der Waals surface area (Å²) in [5.41, 5.74) is 0. The molecule has 2 heteroatoms. The molecule has 0 aromatic carbocycles. The second-order valence-electron chi connectivity index (χ2n) is 9.15. The monoisotopic (exact) mass is 431 g/mol. The van der Waals surface area contributed by atoms with E-state index < -0.39 is 0 Å². The lowest BCUT2D eigenvalue weighted by Gasteiger charge is -2.36. The van der Waals surface area contributed by atoms with Crippen LogP contribution >= 0.6 is 0 Å². The second-order valence-corrected chi connectivity index (χ2v) is 9.15. The van der Waals surface area contributed by atoms with E-state index in [1.807, 2.05) is 0 Å². The van der Waals surface area contributed by atoms with Crippen molar-refractivity contribution >= 4 is 0 Å². The highest BCUT2D eigenvalue weighted by molar-refractivity contribution is 4.53. The van der Waals surface area contributed by atoms with Gasteiger partial charge in [0.15, 0.2) is 0 Å². The first-order valence-corrected chi connectivity index (χ1v) is 12.1. The van der Waals surface area contributed by atoms with Gasteiger partial charge in [-0.3, -0.25) is 0 Å². The largest absolute Gasteiger partial charge is 1.00 e. The predicted molar refractivity (Wildman–Crippen MR) is 114 cm³/mol. The summed E-state index contributed by atoms with van der Waals surface area (Å²) in [5, 5.41) is 0. The molecular weight excluding hydrogens is 382 g/mol. The Hall–Kier alpha value is 0.440. The summed E-state index contributed by atoms with van der Waals surface area (Å²) in [4.78, 5) is 0. The van der Waals surface area contributed by atoms with Crippen molar-refractivity contribution in [1.29, 1.82) is 0 Å². The van der Waals surface area contributed by atoms with Gasteiger partial charge in [0.25, 0.3) is 0 Å². The highest BCUT2D eigenvalue weighted by Gasteiger charge is 2.21. The topological polar surface area (TPSA) is 0 Å². The molecule has 0 aliphatic carbocycles. The number of quaternary nitrogens is 1. The first kappa shape index (κ1) is 26.4. The maximum atomic E-state index is 2.52. The molecule has 0 aromatic rings. The molecule has 0 N–H and O–H groups in total. The molecule has 26 heavy (non-hydrogen) atoms. The van der Waals surface area contributed by atoms with Crippen molar-refractivity contribution in [3.8, 4) is 0 Å². The van der Waals surface area contributed by atoms with E-state index in [1.165, 1.54) is 146 Å². The van der Waals surface area contributed by atoms with Crippen LogP contribution in [0.25, 0.3) is 0 Å². The Bertz CT molecular complexity index is 271. The summed E-state index contributed by atoms with van der Waals surface area (Å²) >= 11 is 0. The fraction of sp³-hybridized carbons (Fsp3) is 1.00. The first-order chi connectivity index (χ1) is 12.3. The van der Waals surface area contributed by atoms with Gasteiger partial charge in [-0.25, -0.2) is 0 Å². The van der Waals surface area contributed by atoms with Gasteiger partial charge in [-0.1, -0.05) is 90.4 Å². The van der Waals surface area contributed by atoms with E-state index in [4.69, 9.17) is 0 Å². The van der Waals surface area contributed by atoms with Crippen molar-refractivity contribution in [3.05, 3.63) is 0 Å². The number of hydrogen-bond donors (Lipinski definition) is 0. The molecule has 158 valence electrons. The standard InChI is InChI=1S/C24H50N.BrH/c1-3-4-5-6-7-8-9-10-11-12-13-14-16-19-22-25(2)23-20-17-15-18-21-24-25;/h3-24H2,1-2H3;1H/q+1;/p-1. The van der Waals surface area contributed by atoms with Gasteiger partial charge in [0.2, 0.25) is 0 Å². The zero-order chi connectivity index (χ0) is 18.1. The quantitative estimate of drug-likeness (QED) is 0.256. The zero-order valence-corrected chi connectivity index (χ0v) is 20.0. The van der Waals surface area contributed by atoms with E-state index in [1.54, 1.807) is 0 Å². The number of unbranched alkanes of at least 4 members (excludes halogenated alkanes) is 13. The van der Waals surface area contributed by atoms with Crippen molar-refractivity contribution in [2.45, 2.75) is 129 Å². The van der Waals surface area contributed by atoms with Gasteiger partial charge in [0.1, 0.15) is 0 Å². The molecule has 0 atom stereocenters. The fourth-order valence-corrected chi connectivity index (χ4v) is 4.54. The van der Waals surface area contributed by atoms with Gasteiger partial charge in [-0.2, -0.15) is 0 Å². The van der Waals surface area contributed by atoms with Crippen LogP contribution in [0.15, 0.2) is 0 Å². The lowest BCUT2D eigenvalue weighted by Crippen LogP contribution is -3.00. The van der Waals surface area contributed by atoms with Crippen LogP contribution in [0.3, 0.4) is 0 Å². The molecular formula is C24H50BrN. The van der Waals surface area contributed by atoms with Crippen molar-refractivity contribution in [2.75, 3.05) is 26.7 Å². The molecule has 0 spiro atoms. The van der Waals surface area contributed by atoms with Crippen LogP contribution in [0.5, 0.6) is 0 Å². The van der Waals surface area contributed by atoms with Crippen molar-refractivity contribution < 1.29 is 21.5 Å². The van der Waals surface area contributed by atoms with Crippen LogP contribution in [-0.2, 0) is 0 Å². The van der Waals surface area contributed by atoms with E-state index in [0.717, 1.165) is 0 Å². The molecule has 1 saturated heterocycles. The minimum atomic E-state index is 0. The maximum Gasteiger partial charge on any atom is 0.0784 e. The fourth-order valence-electron chi connectivity index (χ4n) is 4.54. The Morgan fingerprint density at radius 3 is 1.27 bits per heavy atom. The van der Waals surface area contributed by atoms with Gasteiger partial charge in [-0.15, -0.1) is 0 Å². The Labute approximate surface area is 177 Å². The molecule has 0 aromatic heterocycles. The molecule has 0 bridgehead atoms. The van der Waals surface area contributed by atoms with Gasteiger partial charge in [-0.05, 0) is 38.5 Å². The van der Waals surface area contributed by atoms with Crippen molar-refractivity contribution in [3.63, 3.8) is 0 Å². The number of nitrogens with zero attached hydrogens (tertiary/aromatic N) is 1. The Morgan fingerprint density at radius 1 is 0.500 bits per heavy atom. The lowest BCUT2D eigenvalue weighted by molar-refractivity contribution is -0.910. The predicted octanol–water partition coefficient (Wildman–Crippen LogP) is 4.88. The molecule has 1 nitrogen and oxygen atoms in total. The summed E-state index contributed by atoms with van der Waals surface area (Å²) in [5.74, 6) is 0. The van der Waals surface area contributed by atoms with Crippen LogP contribution in [0.1, 0.15) is 129 Å². The average Bonchev–Trinajstić information content (AvgIpc) is 2.59. The van der Waals surface area contributed by atoms with Gasteiger partial charge >= 0.3 is 0 Å². The van der Waals surface area contributed by atoms with Crippen molar-refractivity contribution in [2.24, 2.45) is 0 Å². The number of hydrogen-bond acceptors (Lipinski definition) is 0. The molecule has 0 unspecified atom stereocenters. The third kappa shape index (κ3) is 15.5. The number of likely N-dealkylation sites (tertiary alicyclic amines) is 1. The smallest absolute Gasteiger partial charge is 0.0784 e. The van der Waals surface area contributed by atoms with E-state index >= 15 is 0 Å². The minimum Gasteiger partial charge on any atom is -1.00 e. The third-order valence-corrected chi connectivity index (χ3v) is 6.45. The Kier molecular flexibility index (Phi) is 19.1. The highest BCUT2D eigenvalue weighted by Crippen LogP contribution is 2.18. The number of rotatable bonds is 15. The summed E-state index contributed by atoms with van der Waals surface area (Å²) in [6, 6.07) is 0. The molecule has 0 amide bonds. The van der Waals surface area contributed by atoms with Gasteiger partial charge < -0.3 is 21.5 Å². The van der Waals surface area contributed by atoms with E-state index in [9.17, 15) is 0 Å². The third-order valence-electron chi connectivity index (χ3n) is 6.45. The van der Waals surface area contributed by atoms with Crippen LogP contribution in [-0.4, -0.2) is 31.2 Å². The van der Waals surface area contributed by atoms with Gasteiger partial charge in [0, 0.05) is 0 Å². The lowest BCUT2D eigenvalue weighted by atomic mass is 10.0. The maximum absolute atomic E-state index is 2.52. The van der Waals surface area contributed by atoms with Crippen LogP contribution in [0.4, 0.5) is 0 Å². The van der Waals surface area contributed by atoms with Gasteiger partial charge in [0.05, 0.1) is 26.7 Å². The summed E-state index contributed by atoms with van der Waals surface area (Å²) in [6.07, 6.45) is 28.0. The molecule has 1 aliphatic rings. The normalized spacial score (nSPS) is 17.3. The highest BCUT2D eigenvalue weighted by atomic mass is 79.9. The average molecular weight is 433 g/mol. The molecule has 0 saturated carbocycles.